The molecule has 0 amide bonds. The monoisotopic (exact) mass is 376 g/mol. The normalized spacial score (nSPS) is 22.9. The molecule has 2 N–H and O–H groups in total. The molecule has 0 bridgehead atoms. The summed E-state index contributed by atoms with van der Waals surface area (Å²) in [4.78, 5) is 11.9. The Labute approximate surface area is 154 Å². The van der Waals surface area contributed by atoms with Crippen molar-refractivity contribution in [1.82, 2.24) is 19.5 Å². The second-order valence-electron chi connectivity index (χ2n) is 6.11. The number of rotatable bonds is 5. The van der Waals surface area contributed by atoms with E-state index in [1.165, 1.54) is 12.7 Å². The van der Waals surface area contributed by atoms with E-state index in [0.29, 0.717) is 30.3 Å². The highest BCUT2D eigenvalue weighted by Gasteiger charge is 2.36. The first-order valence-electron chi connectivity index (χ1n) is 8.14. The van der Waals surface area contributed by atoms with E-state index in [-0.39, 0.29) is 17.5 Å². The fourth-order valence-corrected chi connectivity index (χ4v) is 3.13. The highest BCUT2D eigenvalue weighted by Crippen LogP contribution is 2.32. The quantitative estimate of drug-likeness (QED) is 0.702. The number of aromatic nitrogens is 4. The summed E-state index contributed by atoms with van der Waals surface area (Å²) in [5, 5.41) is 20.8. The number of benzene rings is 1. The van der Waals surface area contributed by atoms with Crippen LogP contribution < -0.4 is 0 Å². The SMILES string of the molecule is Oc1ncnc2c1ncn2[C@@H]1O[C@H](COCc2ccc(Cl)cc2)CC1O. The Morgan fingerprint density at radius 3 is 2.85 bits per heavy atom. The average molecular weight is 377 g/mol. The van der Waals surface area contributed by atoms with Crippen LogP contribution in [-0.2, 0) is 16.1 Å². The molecule has 3 heterocycles. The van der Waals surface area contributed by atoms with Crippen LogP contribution in [0.2, 0.25) is 5.02 Å². The molecule has 2 aromatic heterocycles. The minimum Gasteiger partial charge on any atom is -0.492 e. The maximum absolute atomic E-state index is 10.4. The topological polar surface area (TPSA) is 103 Å². The number of imidazole rings is 1. The highest BCUT2D eigenvalue weighted by molar-refractivity contribution is 6.30. The molecule has 0 aliphatic carbocycles. The Bertz CT molecular complexity index is 901. The van der Waals surface area contributed by atoms with Gasteiger partial charge in [0.05, 0.1) is 25.6 Å². The summed E-state index contributed by atoms with van der Waals surface area (Å²) in [5.41, 5.74) is 1.69. The number of aromatic hydroxyl groups is 1. The van der Waals surface area contributed by atoms with Crippen molar-refractivity contribution in [3.63, 3.8) is 0 Å². The van der Waals surface area contributed by atoms with Crippen molar-refractivity contribution in [1.29, 1.82) is 0 Å². The number of hydrogen-bond donors (Lipinski definition) is 2. The third-order valence-electron chi connectivity index (χ3n) is 4.26. The van der Waals surface area contributed by atoms with Gasteiger partial charge in [-0.15, -0.1) is 0 Å². The van der Waals surface area contributed by atoms with Gasteiger partial charge in [0, 0.05) is 11.4 Å². The molecule has 3 aromatic rings. The van der Waals surface area contributed by atoms with E-state index in [0.717, 1.165) is 5.56 Å². The molecule has 26 heavy (non-hydrogen) atoms. The molecule has 1 aromatic carbocycles. The van der Waals surface area contributed by atoms with Crippen LogP contribution >= 0.6 is 11.6 Å². The molecule has 1 aliphatic heterocycles. The van der Waals surface area contributed by atoms with Crippen molar-refractivity contribution in [2.24, 2.45) is 0 Å². The maximum Gasteiger partial charge on any atom is 0.242 e. The second kappa shape index (κ2) is 7.16. The van der Waals surface area contributed by atoms with Crippen LogP contribution in [0.1, 0.15) is 18.2 Å². The molecular weight excluding hydrogens is 360 g/mol. The molecule has 0 spiro atoms. The summed E-state index contributed by atoms with van der Waals surface area (Å²) in [6.45, 7) is 0.788. The van der Waals surface area contributed by atoms with Crippen LogP contribution in [0.3, 0.4) is 0 Å². The number of ether oxygens (including phenoxy) is 2. The zero-order chi connectivity index (χ0) is 18.1. The molecule has 8 nitrogen and oxygen atoms in total. The predicted molar refractivity (Wildman–Crippen MR) is 92.6 cm³/mol. The van der Waals surface area contributed by atoms with Gasteiger partial charge in [0.15, 0.2) is 17.4 Å². The van der Waals surface area contributed by atoms with Gasteiger partial charge in [0.25, 0.3) is 0 Å². The van der Waals surface area contributed by atoms with E-state index in [1.807, 2.05) is 24.3 Å². The summed E-state index contributed by atoms with van der Waals surface area (Å²) < 4.78 is 13.2. The Morgan fingerprint density at radius 1 is 1.23 bits per heavy atom. The average Bonchev–Trinajstić information content (AvgIpc) is 3.21. The minimum atomic E-state index is -0.728. The molecular formula is C17H17ClN4O4. The lowest BCUT2D eigenvalue weighted by molar-refractivity contribution is -0.0623. The van der Waals surface area contributed by atoms with Crippen LogP contribution in [0.4, 0.5) is 0 Å². The van der Waals surface area contributed by atoms with Gasteiger partial charge < -0.3 is 19.7 Å². The van der Waals surface area contributed by atoms with E-state index >= 15 is 0 Å². The molecule has 9 heteroatoms. The fraction of sp³-hybridized carbons (Fsp3) is 0.353. The fourth-order valence-electron chi connectivity index (χ4n) is 3.00. The first kappa shape index (κ1) is 17.2. The molecule has 1 unspecified atom stereocenters. The molecule has 1 aliphatic rings. The Kier molecular flexibility index (Phi) is 4.73. The smallest absolute Gasteiger partial charge is 0.242 e. The van der Waals surface area contributed by atoms with Crippen molar-refractivity contribution in [3.8, 4) is 5.88 Å². The van der Waals surface area contributed by atoms with Gasteiger partial charge in [0.1, 0.15) is 12.4 Å². The number of aliphatic hydroxyl groups excluding tert-OH is 1. The summed E-state index contributed by atoms with van der Waals surface area (Å²) >= 11 is 5.86. The van der Waals surface area contributed by atoms with Crippen molar-refractivity contribution in [3.05, 3.63) is 47.5 Å². The van der Waals surface area contributed by atoms with Gasteiger partial charge in [-0.2, -0.15) is 4.98 Å². The van der Waals surface area contributed by atoms with Gasteiger partial charge >= 0.3 is 0 Å². The number of halogens is 1. The van der Waals surface area contributed by atoms with Crippen LogP contribution in [0, 0.1) is 0 Å². The van der Waals surface area contributed by atoms with E-state index in [4.69, 9.17) is 21.1 Å². The van der Waals surface area contributed by atoms with Gasteiger partial charge in [0.2, 0.25) is 5.88 Å². The third kappa shape index (κ3) is 3.36. The lowest BCUT2D eigenvalue weighted by Crippen LogP contribution is -2.19. The number of hydrogen-bond acceptors (Lipinski definition) is 7. The highest BCUT2D eigenvalue weighted by atomic mass is 35.5. The van der Waals surface area contributed by atoms with Crippen molar-refractivity contribution in [2.45, 2.75) is 31.5 Å². The lowest BCUT2D eigenvalue weighted by atomic mass is 10.2. The summed E-state index contributed by atoms with van der Waals surface area (Å²) in [5.74, 6) is -0.205. The molecule has 3 atom stereocenters. The van der Waals surface area contributed by atoms with Gasteiger partial charge in [-0.25, -0.2) is 9.97 Å². The van der Waals surface area contributed by atoms with Gasteiger partial charge in [-0.1, -0.05) is 23.7 Å². The Morgan fingerprint density at radius 2 is 2.04 bits per heavy atom. The first-order valence-corrected chi connectivity index (χ1v) is 8.52. The van der Waals surface area contributed by atoms with Gasteiger partial charge in [-0.05, 0) is 17.7 Å². The summed E-state index contributed by atoms with van der Waals surface area (Å²) in [6, 6.07) is 7.43. The number of fused-ring (bicyclic) bond motifs is 1. The van der Waals surface area contributed by atoms with E-state index < -0.39 is 12.3 Å². The first-order chi connectivity index (χ1) is 12.6. The summed E-state index contributed by atoms with van der Waals surface area (Å²) in [6.07, 6.45) is 1.53. The Balaban J connectivity index is 1.39. The van der Waals surface area contributed by atoms with Crippen LogP contribution in [0.5, 0.6) is 5.88 Å². The van der Waals surface area contributed by atoms with Crippen LogP contribution in [0.15, 0.2) is 36.9 Å². The predicted octanol–water partition coefficient (Wildman–Crippen LogP) is 2.05. The molecule has 1 fully saturated rings. The zero-order valence-electron chi connectivity index (χ0n) is 13.7. The number of aliphatic hydroxyl groups is 1. The van der Waals surface area contributed by atoms with E-state index in [2.05, 4.69) is 15.0 Å². The molecule has 0 radical (unpaired) electrons. The lowest BCUT2D eigenvalue weighted by Gasteiger charge is -2.17. The second-order valence-corrected chi connectivity index (χ2v) is 6.55. The maximum atomic E-state index is 10.4. The van der Waals surface area contributed by atoms with Crippen molar-refractivity contribution >= 4 is 22.8 Å². The molecule has 136 valence electrons. The summed E-state index contributed by atoms with van der Waals surface area (Å²) in [7, 11) is 0. The van der Waals surface area contributed by atoms with Crippen molar-refractivity contribution < 1.29 is 19.7 Å². The zero-order valence-corrected chi connectivity index (χ0v) is 14.5. The number of nitrogens with zero attached hydrogens (tertiary/aromatic N) is 4. The minimum absolute atomic E-state index is 0.205. The largest absolute Gasteiger partial charge is 0.492 e. The third-order valence-corrected chi connectivity index (χ3v) is 4.52. The van der Waals surface area contributed by atoms with Crippen LogP contribution in [0.25, 0.3) is 11.2 Å². The van der Waals surface area contributed by atoms with Crippen LogP contribution in [-0.4, -0.2) is 48.5 Å². The van der Waals surface area contributed by atoms with E-state index in [9.17, 15) is 10.2 Å². The molecule has 1 saturated heterocycles. The van der Waals surface area contributed by atoms with Crippen molar-refractivity contribution in [2.75, 3.05) is 6.61 Å². The molecule has 4 rings (SSSR count). The molecule has 0 saturated carbocycles. The van der Waals surface area contributed by atoms with E-state index in [1.54, 1.807) is 4.57 Å². The Hall–Kier alpha value is -2.26. The van der Waals surface area contributed by atoms with Gasteiger partial charge in [-0.3, -0.25) is 4.57 Å². The standard InChI is InChI=1S/C17H17ClN4O4/c18-11-3-1-10(2-4-11)6-25-7-12-5-13(23)17(26-12)22-9-21-14-15(22)19-8-20-16(14)24/h1-4,8-9,12-13,17,23H,5-7H2,(H,19,20,24)/t12-,13?,17+/m0/s1.